The third kappa shape index (κ3) is 2.26. The first-order chi connectivity index (χ1) is 11.1. The SMILES string of the molecule is Cc1cccc(-n2ncc(-c3nc(C4(N)CCC4)no3)c2C)c1. The van der Waals surface area contributed by atoms with Gasteiger partial charge in [-0.1, -0.05) is 17.3 Å². The fraction of sp³-hybridized carbons (Fsp3) is 0.353. The average Bonchev–Trinajstić information content (AvgIpc) is 3.11. The van der Waals surface area contributed by atoms with Crippen molar-refractivity contribution in [1.29, 1.82) is 0 Å². The molecule has 23 heavy (non-hydrogen) atoms. The second kappa shape index (κ2) is 5.03. The Morgan fingerprint density at radius 1 is 1.26 bits per heavy atom. The van der Waals surface area contributed by atoms with Gasteiger partial charge < -0.3 is 10.3 Å². The van der Waals surface area contributed by atoms with Crippen molar-refractivity contribution in [3.05, 3.63) is 47.5 Å². The summed E-state index contributed by atoms with van der Waals surface area (Å²) < 4.78 is 7.31. The second-order valence-corrected chi connectivity index (χ2v) is 6.33. The molecule has 1 saturated carbocycles. The average molecular weight is 309 g/mol. The summed E-state index contributed by atoms with van der Waals surface area (Å²) in [5.41, 5.74) is 9.86. The van der Waals surface area contributed by atoms with Gasteiger partial charge in [0, 0.05) is 0 Å². The van der Waals surface area contributed by atoms with E-state index in [9.17, 15) is 0 Å². The van der Waals surface area contributed by atoms with Crippen molar-refractivity contribution >= 4 is 0 Å². The van der Waals surface area contributed by atoms with Crippen molar-refractivity contribution < 1.29 is 4.52 Å². The molecule has 6 heteroatoms. The molecule has 6 nitrogen and oxygen atoms in total. The fourth-order valence-electron chi connectivity index (χ4n) is 2.96. The molecule has 1 aromatic carbocycles. The molecular weight excluding hydrogens is 290 g/mol. The van der Waals surface area contributed by atoms with E-state index in [1.165, 1.54) is 5.56 Å². The Hall–Kier alpha value is -2.47. The van der Waals surface area contributed by atoms with Crippen LogP contribution in [-0.4, -0.2) is 19.9 Å². The quantitative estimate of drug-likeness (QED) is 0.804. The Kier molecular flexibility index (Phi) is 3.09. The molecule has 2 aromatic heterocycles. The molecule has 0 aliphatic heterocycles. The van der Waals surface area contributed by atoms with Crippen molar-refractivity contribution in [2.75, 3.05) is 0 Å². The van der Waals surface area contributed by atoms with Gasteiger partial charge in [-0.3, -0.25) is 0 Å². The van der Waals surface area contributed by atoms with Gasteiger partial charge in [-0.2, -0.15) is 10.1 Å². The Bertz CT molecular complexity index is 860. The minimum atomic E-state index is -0.414. The number of hydrogen-bond donors (Lipinski definition) is 1. The monoisotopic (exact) mass is 309 g/mol. The molecule has 1 fully saturated rings. The van der Waals surface area contributed by atoms with Crippen LogP contribution in [0.2, 0.25) is 0 Å². The van der Waals surface area contributed by atoms with Crippen LogP contribution >= 0.6 is 0 Å². The van der Waals surface area contributed by atoms with Gasteiger partial charge in [0.1, 0.15) is 0 Å². The van der Waals surface area contributed by atoms with Crippen LogP contribution in [0, 0.1) is 13.8 Å². The van der Waals surface area contributed by atoms with Gasteiger partial charge in [0.05, 0.1) is 28.7 Å². The van der Waals surface area contributed by atoms with E-state index in [-0.39, 0.29) is 0 Å². The summed E-state index contributed by atoms with van der Waals surface area (Å²) >= 11 is 0. The maximum absolute atomic E-state index is 6.26. The number of nitrogens with zero attached hydrogens (tertiary/aromatic N) is 4. The van der Waals surface area contributed by atoms with E-state index < -0.39 is 5.54 Å². The number of benzene rings is 1. The third-order valence-corrected chi connectivity index (χ3v) is 4.60. The van der Waals surface area contributed by atoms with Crippen LogP contribution in [0.4, 0.5) is 0 Å². The van der Waals surface area contributed by atoms with Gasteiger partial charge in [0.2, 0.25) is 0 Å². The molecule has 0 radical (unpaired) electrons. The highest BCUT2D eigenvalue weighted by Crippen LogP contribution is 2.38. The molecule has 1 aliphatic rings. The van der Waals surface area contributed by atoms with Crippen LogP contribution in [0.1, 0.15) is 36.3 Å². The highest BCUT2D eigenvalue weighted by molar-refractivity contribution is 5.57. The lowest BCUT2D eigenvalue weighted by atomic mass is 9.77. The van der Waals surface area contributed by atoms with Gasteiger partial charge in [-0.25, -0.2) is 4.68 Å². The van der Waals surface area contributed by atoms with E-state index in [1.54, 1.807) is 6.20 Å². The summed E-state index contributed by atoms with van der Waals surface area (Å²) in [6.07, 6.45) is 4.70. The summed E-state index contributed by atoms with van der Waals surface area (Å²) in [5, 5.41) is 8.54. The summed E-state index contributed by atoms with van der Waals surface area (Å²) in [5.74, 6) is 1.08. The summed E-state index contributed by atoms with van der Waals surface area (Å²) in [4.78, 5) is 4.50. The molecule has 0 unspecified atom stereocenters. The molecule has 3 aromatic rings. The van der Waals surface area contributed by atoms with E-state index in [1.807, 2.05) is 23.7 Å². The van der Waals surface area contributed by atoms with Crippen molar-refractivity contribution in [1.82, 2.24) is 19.9 Å². The van der Waals surface area contributed by atoms with Gasteiger partial charge in [-0.15, -0.1) is 0 Å². The standard InChI is InChI=1S/C17H19N5O/c1-11-5-3-6-13(9-11)22-12(2)14(10-19-22)15-20-16(21-23-15)17(18)7-4-8-17/h3,5-6,9-10H,4,7-8,18H2,1-2H3. The highest BCUT2D eigenvalue weighted by Gasteiger charge is 2.39. The Balaban J connectivity index is 1.71. The van der Waals surface area contributed by atoms with Crippen molar-refractivity contribution in [2.24, 2.45) is 5.73 Å². The van der Waals surface area contributed by atoms with E-state index >= 15 is 0 Å². The molecule has 0 amide bonds. The molecule has 0 spiro atoms. The molecule has 1 aliphatic carbocycles. The number of aromatic nitrogens is 4. The van der Waals surface area contributed by atoms with Gasteiger partial charge in [0.15, 0.2) is 5.82 Å². The van der Waals surface area contributed by atoms with Crippen molar-refractivity contribution in [2.45, 2.75) is 38.6 Å². The Morgan fingerprint density at radius 2 is 2.09 bits per heavy atom. The maximum Gasteiger partial charge on any atom is 0.261 e. The lowest BCUT2D eigenvalue weighted by molar-refractivity contribution is 0.229. The predicted molar refractivity (Wildman–Crippen MR) is 86.0 cm³/mol. The second-order valence-electron chi connectivity index (χ2n) is 6.33. The Morgan fingerprint density at radius 3 is 2.78 bits per heavy atom. The lowest BCUT2D eigenvalue weighted by Crippen LogP contribution is -2.44. The van der Waals surface area contributed by atoms with Crippen LogP contribution in [0.15, 0.2) is 35.0 Å². The molecule has 0 saturated heterocycles. The normalized spacial score (nSPS) is 16.3. The topological polar surface area (TPSA) is 82.8 Å². The van der Waals surface area contributed by atoms with Crippen molar-refractivity contribution in [3.8, 4) is 17.1 Å². The first kappa shape index (κ1) is 14.1. The molecular formula is C17H19N5O. The molecule has 0 bridgehead atoms. The van der Waals surface area contributed by atoms with Crippen LogP contribution in [0.5, 0.6) is 0 Å². The van der Waals surface area contributed by atoms with E-state index in [4.69, 9.17) is 10.3 Å². The highest BCUT2D eigenvalue weighted by atomic mass is 16.5. The van der Waals surface area contributed by atoms with Crippen LogP contribution in [0.25, 0.3) is 17.1 Å². The fourth-order valence-corrected chi connectivity index (χ4v) is 2.96. The predicted octanol–water partition coefficient (Wildman–Crippen LogP) is 2.88. The smallest absolute Gasteiger partial charge is 0.261 e. The van der Waals surface area contributed by atoms with Crippen LogP contribution in [-0.2, 0) is 5.54 Å². The Labute approximate surface area is 134 Å². The number of aryl methyl sites for hydroxylation is 1. The number of rotatable bonds is 3. The molecule has 4 rings (SSSR count). The first-order valence-corrected chi connectivity index (χ1v) is 7.82. The largest absolute Gasteiger partial charge is 0.334 e. The minimum absolute atomic E-state index is 0.414. The maximum atomic E-state index is 6.26. The van der Waals surface area contributed by atoms with E-state index in [0.717, 1.165) is 36.2 Å². The van der Waals surface area contributed by atoms with Crippen LogP contribution < -0.4 is 5.73 Å². The lowest BCUT2D eigenvalue weighted by Gasteiger charge is -2.34. The number of hydrogen-bond acceptors (Lipinski definition) is 5. The van der Waals surface area contributed by atoms with Gasteiger partial charge in [-0.05, 0) is 50.8 Å². The zero-order valence-electron chi connectivity index (χ0n) is 13.3. The molecule has 0 atom stereocenters. The summed E-state index contributed by atoms with van der Waals surface area (Å²) in [6.45, 7) is 4.06. The summed E-state index contributed by atoms with van der Waals surface area (Å²) in [6, 6.07) is 8.20. The van der Waals surface area contributed by atoms with Gasteiger partial charge >= 0.3 is 0 Å². The minimum Gasteiger partial charge on any atom is -0.334 e. The molecule has 2 N–H and O–H groups in total. The first-order valence-electron chi connectivity index (χ1n) is 7.82. The van der Waals surface area contributed by atoms with E-state index in [0.29, 0.717) is 11.7 Å². The van der Waals surface area contributed by atoms with Crippen molar-refractivity contribution in [3.63, 3.8) is 0 Å². The molecule has 2 heterocycles. The summed E-state index contributed by atoms with van der Waals surface area (Å²) in [7, 11) is 0. The zero-order valence-corrected chi connectivity index (χ0v) is 13.3. The number of nitrogens with two attached hydrogens (primary N) is 1. The third-order valence-electron chi connectivity index (χ3n) is 4.60. The van der Waals surface area contributed by atoms with Gasteiger partial charge in [0.25, 0.3) is 5.89 Å². The van der Waals surface area contributed by atoms with E-state index in [2.05, 4.69) is 34.3 Å². The molecule has 118 valence electrons. The zero-order chi connectivity index (χ0) is 16.0. The van der Waals surface area contributed by atoms with Crippen LogP contribution in [0.3, 0.4) is 0 Å².